The largest absolute Gasteiger partial charge is 0.624 e. The van der Waals surface area contributed by atoms with Gasteiger partial charge in [0.15, 0.2) is 0 Å². The van der Waals surface area contributed by atoms with Gasteiger partial charge in [-0.3, -0.25) is 0 Å². The van der Waals surface area contributed by atoms with Gasteiger partial charge >= 0.3 is 0 Å². The Morgan fingerprint density at radius 1 is 0.721 bits per heavy atom. The summed E-state index contributed by atoms with van der Waals surface area (Å²) in [5.41, 5.74) is 10.5. The van der Waals surface area contributed by atoms with Crippen LogP contribution in [0.15, 0.2) is 133 Å². The van der Waals surface area contributed by atoms with Gasteiger partial charge in [0, 0.05) is 22.7 Å². The van der Waals surface area contributed by atoms with E-state index in [2.05, 4.69) is 143 Å². The molecule has 3 aliphatic carbocycles. The molecule has 0 radical (unpaired) electrons. The van der Waals surface area contributed by atoms with Crippen LogP contribution in [0.2, 0.25) is 0 Å². The summed E-state index contributed by atoms with van der Waals surface area (Å²) in [7, 11) is 0. The molecule has 4 nitrogen and oxygen atoms in total. The third-order valence-corrected chi connectivity index (χ3v) is 9.31. The first-order valence-electron chi connectivity index (χ1n) is 15.7. The van der Waals surface area contributed by atoms with Gasteiger partial charge in [-0.2, -0.15) is 0 Å². The quantitative estimate of drug-likeness (QED) is 0.256. The molecule has 1 fully saturated rings. The Bertz CT molecular complexity index is 1790. The summed E-state index contributed by atoms with van der Waals surface area (Å²) in [6.07, 6.45) is 21.6. The lowest BCUT2D eigenvalue weighted by atomic mass is 9.87. The molecular formula is C39H37N4-. The second kappa shape index (κ2) is 11.5. The van der Waals surface area contributed by atoms with Crippen molar-refractivity contribution < 1.29 is 0 Å². The van der Waals surface area contributed by atoms with Gasteiger partial charge in [0.2, 0.25) is 0 Å². The van der Waals surface area contributed by atoms with Crippen LogP contribution >= 0.6 is 0 Å². The highest BCUT2D eigenvalue weighted by Crippen LogP contribution is 2.40. The Hall–Kier alpha value is -4.22. The predicted octanol–water partition coefficient (Wildman–Crippen LogP) is 8.75. The fourth-order valence-electron chi connectivity index (χ4n) is 7.16. The van der Waals surface area contributed by atoms with Crippen LogP contribution in [0.25, 0.3) is 28.0 Å². The van der Waals surface area contributed by atoms with Gasteiger partial charge in [0.05, 0.1) is 11.7 Å². The van der Waals surface area contributed by atoms with Crippen molar-refractivity contribution in [1.29, 1.82) is 0 Å². The molecule has 2 heterocycles. The van der Waals surface area contributed by atoms with Crippen molar-refractivity contribution in [3.8, 4) is 0 Å². The van der Waals surface area contributed by atoms with Crippen LogP contribution in [-0.4, -0.2) is 16.9 Å². The van der Waals surface area contributed by atoms with E-state index in [-0.39, 0.29) is 18.5 Å². The molecule has 3 aromatic carbocycles. The topological polar surface area (TPSA) is 43.1 Å². The third kappa shape index (κ3) is 5.06. The number of fused-ring (bicyclic) bond motifs is 3. The maximum absolute atomic E-state index is 5.22. The molecule has 43 heavy (non-hydrogen) atoms. The van der Waals surface area contributed by atoms with Crippen LogP contribution in [-0.2, 0) is 6.42 Å². The predicted molar refractivity (Wildman–Crippen MR) is 178 cm³/mol. The number of aromatic nitrogens is 1. The first-order valence-corrected chi connectivity index (χ1v) is 15.7. The number of hydrogen-bond donors (Lipinski definition) is 2. The molecule has 0 saturated carbocycles. The molecular weight excluding hydrogens is 524 g/mol. The van der Waals surface area contributed by atoms with Crippen LogP contribution in [0.1, 0.15) is 60.2 Å². The zero-order valence-corrected chi connectivity index (χ0v) is 24.4. The summed E-state index contributed by atoms with van der Waals surface area (Å²) in [4.78, 5) is 0. The number of rotatable bonds is 5. The van der Waals surface area contributed by atoms with E-state index in [0.717, 1.165) is 32.1 Å². The Morgan fingerprint density at radius 2 is 1.49 bits per heavy atom. The van der Waals surface area contributed by atoms with Crippen molar-refractivity contribution in [2.24, 2.45) is 0 Å². The normalized spacial score (nSPS) is 25.2. The average Bonchev–Trinajstić information content (AvgIpc) is 3.43. The van der Waals surface area contributed by atoms with Gasteiger partial charge < -0.3 is 20.5 Å². The van der Waals surface area contributed by atoms with Crippen molar-refractivity contribution in [3.05, 3.63) is 160 Å². The van der Waals surface area contributed by atoms with Gasteiger partial charge in [0.1, 0.15) is 0 Å². The maximum atomic E-state index is 5.22. The highest BCUT2D eigenvalue weighted by atomic mass is 15.4. The summed E-state index contributed by atoms with van der Waals surface area (Å²) < 4.78 is 2.49. The molecule has 1 aromatic heterocycles. The highest BCUT2D eigenvalue weighted by molar-refractivity contribution is 5.93. The van der Waals surface area contributed by atoms with E-state index in [9.17, 15) is 0 Å². The third-order valence-electron chi connectivity index (χ3n) is 9.31. The molecule has 1 aliphatic heterocycles. The number of allylic oxidation sites excluding steroid dienone is 6. The summed E-state index contributed by atoms with van der Waals surface area (Å²) >= 11 is 0. The van der Waals surface area contributed by atoms with E-state index in [1.807, 2.05) is 0 Å². The molecule has 4 atom stereocenters. The molecule has 4 aromatic rings. The highest BCUT2D eigenvalue weighted by Gasteiger charge is 2.27. The molecule has 0 bridgehead atoms. The van der Waals surface area contributed by atoms with Gasteiger partial charge in [-0.1, -0.05) is 133 Å². The van der Waals surface area contributed by atoms with Crippen LogP contribution in [0.4, 0.5) is 0 Å². The van der Waals surface area contributed by atoms with Gasteiger partial charge in [-0.05, 0) is 67.0 Å². The fourth-order valence-corrected chi connectivity index (χ4v) is 7.16. The molecule has 0 amide bonds. The standard InChI is InChI=1S/C39H37N4/c1-4-13-27(14-5-1)30-23-24-36-34(26-30)33-21-10-11-22-35(33)43(36)32-20-12-19-31(25-32)39-41-37(28-15-6-2-7-16-28)40-38(42-39)29-17-8-3-9-18-29/h1-2,4-8,10-11,13-18,20-25,30,37-39,41-42H,3,9,12,19,26H2/q-1. The van der Waals surface area contributed by atoms with Crippen molar-refractivity contribution in [2.75, 3.05) is 0 Å². The van der Waals surface area contributed by atoms with E-state index in [1.54, 1.807) is 0 Å². The van der Waals surface area contributed by atoms with E-state index in [1.165, 1.54) is 50.1 Å². The Labute approximate surface area is 254 Å². The fraction of sp³-hybridized carbons (Fsp3) is 0.231. The minimum atomic E-state index is -0.0676. The molecule has 1 saturated heterocycles. The molecule has 214 valence electrons. The minimum Gasteiger partial charge on any atom is -0.624 e. The molecule has 8 rings (SSSR count). The molecule has 4 heteroatoms. The number of benzene rings is 3. The summed E-state index contributed by atoms with van der Waals surface area (Å²) in [6, 6.07) is 30.5. The van der Waals surface area contributed by atoms with Crippen molar-refractivity contribution >= 4 is 22.7 Å². The van der Waals surface area contributed by atoms with E-state index in [0.29, 0.717) is 5.92 Å². The zero-order valence-electron chi connectivity index (χ0n) is 24.4. The first kappa shape index (κ1) is 26.4. The van der Waals surface area contributed by atoms with E-state index < -0.39 is 0 Å². The second-order valence-electron chi connectivity index (χ2n) is 12.0. The monoisotopic (exact) mass is 561 g/mol. The smallest absolute Gasteiger partial charge is 0.0777 e. The Balaban J connectivity index is 1.15. The Morgan fingerprint density at radius 3 is 2.30 bits per heavy atom. The van der Waals surface area contributed by atoms with Crippen LogP contribution in [0, 0.1) is 0 Å². The van der Waals surface area contributed by atoms with Crippen LogP contribution in [0.5, 0.6) is 0 Å². The van der Waals surface area contributed by atoms with E-state index >= 15 is 0 Å². The summed E-state index contributed by atoms with van der Waals surface area (Å²) in [5.74, 6) is 0.397. The minimum absolute atomic E-state index is 0.0308. The molecule has 4 aliphatic rings. The van der Waals surface area contributed by atoms with Crippen molar-refractivity contribution in [1.82, 2.24) is 15.2 Å². The summed E-state index contributed by atoms with van der Waals surface area (Å²) in [5, 5.41) is 14.3. The van der Waals surface area contributed by atoms with Crippen molar-refractivity contribution in [3.63, 3.8) is 0 Å². The zero-order chi connectivity index (χ0) is 28.6. The van der Waals surface area contributed by atoms with Crippen molar-refractivity contribution in [2.45, 2.75) is 56.5 Å². The number of para-hydroxylation sites is 1. The van der Waals surface area contributed by atoms with Crippen LogP contribution in [0.3, 0.4) is 0 Å². The summed E-state index contributed by atoms with van der Waals surface area (Å²) in [6.45, 7) is 0. The average molecular weight is 562 g/mol. The first-order chi connectivity index (χ1) is 21.3. The van der Waals surface area contributed by atoms with Gasteiger partial charge in [0.25, 0.3) is 0 Å². The number of hydrogen-bond acceptors (Lipinski definition) is 2. The second-order valence-corrected chi connectivity index (χ2v) is 12.0. The maximum Gasteiger partial charge on any atom is 0.0777 e. The SMILES string of the molecule is C1=CC(C2[N-]C(c3ccccc3)NC(C3=CC(n4c5c(c6ccccc64)CC(c4ccccc4)C=C5)=CCC3)N2)=CCC1. The van der Waals surface area contributed by atoms with Crippen LogP contribution < -0.4 is 10.6 Å². The lowest BCUT2D eigenvalue weighted by Crippen LogP contribution is -2.55. The Kier molecular flexibility index (Phi) is 7.04. The molecule has 0 spiro atoms. The lowest BCUT2D eigenvalue weighted by molar-refractivity contribution is 0.354. The molecule has 4 unspecified atom stereocenters. The number of nitrogens with one attached hydrogen (secondary N) is 2. The number of nitrogens with zero attached hydrogens (tertiary/aromatic N) is 2. The lowest BCUT2D eigenvalue weighted by Gasteiger charge is -2.51. The van der Waals surface area contributed by atoms with E-state index in [4.69, 9.17) is 5.32 Å². The van der Waals surface area contributed by atoms with Gasteiger partial charge in [-0.15, -0.1) is 0 Å². The molecule has 2 N–H and O–H groups in total. The van der Waals surface area contributed by atoms with Gasteiger partial charge in [-0.25, -0.2) is 0 Å².